The van der Waals surface area contributed by atoms with Crippen molar-refractivity contribution in [2.45, 2.75) is 19.9 Å². The quantitative estimate of drug-likeness (QED) is 0.926. The van der Waals surface area contributed by atoms with Crippen molar-refractivity contribution in [3.63, 3.8) is 0 Å². The Morgan fingerprint density at radius 3 is 2.47 bits per heavy atom. The minimum atomic E-state index is 0.201. The van der Waals surface area contributed by atoms with Gasteiger partial charge in [0.05, 0.1) is 6.04 Å². The molecule has 0 saturated carbocycles. The second kappa shape index (κ2) is 5.49. The number of rotatable bonds is 3. The minimum Gasteiger partial charge on any atom is -0.398 e. The molecule has 0 spiro atoms. The fourth-order valence-corrected chi connectivity index (χ4v) is 2.01. The van der Waals surface area contributed by atoms with Gasteiger partial charge in [0.15, 0.2) is 0 Å². The van der Waals surface area contributed by atoms with Crippen molar-refractivity contribution in [3.8, 4) is 0 Å². The smallest absolute Gasteiger partial charge is 0.130 e. The maximum Gasteiger partial charge on any atom is 0.130 e. The Hall–Kier alpha value is -1.74. The topological polar surface area (TPSA) is 42.2 Å². The highest BCUT2D eigenvalue weighted by Gasteiger charge is 2.13. The molecule has 1 heterocycles. The van der Waals surface area contributed by atoms with Gasteiger partial charge in [-0.25, -0.2) is 4.98 Å². The predicted molar refractivity (Wildman–Crippen MR) is 81.7 cm³/mol. The number of pyridine rings is 1. The summed E-state index contributed by atoms with van der Waals surface area (Å²) in [6, 6.07) is 9.96. The van der Waals surface area contributed by atoms with Gasteiger partial charge >= 0.3 is 0 Å². The average Bonchev–Trinajstić information content (AvgIpc) is 2.41. The zero-order valence-electron chi connectivity index (χ0n) is 11.4. The molecular weight excluding hydrogens is 258 g/mol. The van der Waals surface area contributed by atoms with Gasteiger partial charge in [-0.3, -0.25) is 0 Å². The number of benzene rings is 1. The number of hydrogen-bond donors (Lipinski definition) is 1. The Labute approximate surface area is 119 Å². The highest BCUT2D eigenvalue weighted by Crippen LogP contribution is 2.26. The number of aromatic nitrogens is 1. The molecule has 1 atom stereocenters. The average molecular weight is 276 g/mol. The van der Waals surface area contributed by atoms with Crippen LogP contribution >= 0.6 is 11.6 Å². The summed E-state index contributed by atoms with van der Waals surface area (Å²) in [5, 5.41) is 0.747. The van der Waals surface area contributed by atoms with Gasteiger partial charge in [-0.1, -0.05) is 23.7 Å². The molecule has 2 aromatic rings. The first kappa shape index (κ1) is 13.7. The molecule has 0 bridgehead atoms. The van der Waals surface area contributed by atoms with Crippen molar-refractivity contribution >= 4 is 23.1 Å². The summed E-state index contributed by atoms with van der Waals surface area (Å²) in [6.07, 6.45) is 1.80. The van der Waals surface area contributed by atoms with E-state index >= 15 is 0 Å². The normalized spacial score (nSPS) is 12.2. The Balaban J connectivity index is 2.25. The van der Waals surface area contributed by atoms with Gasteiger partial charge in [0.25, 0.3) is 0 Å². The van der Waals surface area contributed by atoms with E-state index in [4.69, 9.17) is 17.3 Å². The molecule has 3 nitrogen and oxygen atoms in total. The largest absolute Gasteiger partial charge is 0.398 e. The fourth-order valence-electron chi connectivity index (χ4n) is 1.88. The second-order valence-electron chi connectivity index (χ2n) is 4.74. The molecular formula is C15H18ClN3. The molecule has 100 valence electrons. The lowest BCUT2D eigenvalue weighted by molar-refractivity contribution is 0.729. The van der Waals surface area contributed by atoms with Crippen LogP contribution in [-0.4, -0.2) is 12.0 Å². The van der Waals surface area contributed by atoms with Crippen LogP contribution in [0.1, 0.15) is 24.1 Å². The maximum atomic E-state index is 5.93. The zero-order valence-corrected chi connectivity index (χ0v) is 12.1. The lowest BCUT2D eigenvalue weighted by atomic mass is 10.1. The van der Waals surface area contributed by atoms with Gasteiger partial charge in [0.1, 0.15) is 5.82 Å². The molecule has 1 aromatic carbocycles. The van der Waals surface area contributed by atoms with Crippen molar-refractivity contribution in [3.05, 3.63) is 52.7 Å². The van der Waals surface area contributed by atoms with Crippen LogP contribution in [0.4, 0.5) is 11.5 Å². The Bertz CT molecular complexity index is 566. The monoisotopic (exact) mass is 275 g/mol. The van der Waals surface area contributed by atoms with E-state index in [0.717, 1.165) is 22.1 Å². The minimum absolute atomic E-state index is 0.201. The van der Waals surface area contributed by atoms with Crippen molar-refractivity contribution in [1.29, 1.82) is 0 Å². The molecule has 1 unspecified atom stereocenters. The Morgan fingerprint density at radius 1 is 1.26 bits per heavy atom. The highest BCUT2D eigenvalue weighted by molar-refractivity contribution is 6.30. The summed E-state index contributed by atoms with van der Waals surface area (Å²) >= 11 is 5.91. The van der Waals surface area contributed by atoms with Crippen molar-refractivity contribution in [1.82, 2.24) is 4.98 Å². The predicted octanol–water partition coefficient (Wildman–Crippen LogP) is 3.82. The van der Waals surface area contributed by atoms with Gasteiger partial charge in [-0.05, 0) is 37.1 Å². The standard InChI is InChI=1S/C15H18ClN3/c1-10-9-18-15(8-14(10)17)19(3)11(2)12-4-6-13(16)7-5-12/h4-9,11H,1-3H3,(H2,17,18). The molecule has 0 amide bonds. The van der Waals surface area contributed by atoms with E-state index in [1.54, 1.807) is 6.20 Å². The highest BCUT2D eigenvalue weighted by atomic mass is 35.5. The first-order chi connectivity index (χ1) is 8.99. The summed E-state index contributed by atoms with van der Waals surface area (Å²) in [5.41, 5.74) is 8.88. The summed E-state index contributed by atoms with van der Waals surface area (Å²) in [7, 11) is 2.01. The van der Waals surface area contributed by atoms with Crippen LogP contribution in [0.2, 0.25) is 5.02 Å². The van der Waals surface area contributed by atoms with Gasteiger partial charge in [-0.2, -0.15) is 0 Å². The van der Waals surface area contributed by atoms with E-state index in [0.29, 0.717) is 0 Å². The van der Waals surface area contributed by atoms with Gasteiger partial charge < -0.3 is 10.6 Å². The third-order valence-electron chi connectivity index (χ3n) is 3.43. The molecule has 4 heteroatoms. The van der Waals surface area contributed by atoms with Crippen LogP contribution in [0, 0.1) is 6.92 Å². The fraction of sp³-hybridized carbons (Fsp3) is 0.267. The zero-order chi connectivity index (χ0) is 14.0. The van der Waals surface area contributed by atoms with Crippen LogP contribution in [0.3, 0.4) is 0 Å². The third-order valence-corrected chi connectivity index (χ3v) is 3.68. The molecule has 0 aliphatic rings. The van der Waals surface area contributed by atoms with Crippen molar-refractivity contribution < 1.29 is 0 Å². The molecule has 0 saturated heterocycles. The van der Waals surface area contributed by atoms with Crippen molar-refractivity contribution in [2.24, 2.45) is 0 Å². The lowest BCUT2D eigenvalue weighted by Gasteiger charge is -2.26. The molecule has 0 radical (unpaired) electrons. The number of halogens is 1. The lowest BCUT2D eigenvalue weighted by Crippen LogP contribution is -2.22. The van der Waals surface area contributed by atoms with E-state index in [1.165, 1.54) is 5.56 Å². The molecule has 0 aliphatic carbocycles. The molecule has 19 heavy (non-hydrogen) atoms. The Morgan fingerprint density at radius 2 is 1.89 bits per heavy atom. The van der Waals surface area contributed by atoms with E-state index in [-0.39, 0.29) is 6.04 Å². The van der Waals surface area contributed by atoms with Crippen LogP contribution in [0.5, 0.6) is 0 Å². The number of nitrogens with two attached hydrogens (primary N) is 1. The summed E-state index contributed by atoms with van der Waals surface area (Å²) in [4.78, 5) is 6.52. The van der Waals surface area contributed by atoms with Crippen LogP contribution in [-0.2, 0) is 0 Å². The van der Waals surface area contributed by atoms with E-state index in [1.807, 2.05) is 44.3 Å². The van der Waals surface area contributed by atoms with Crippen LogP contribution in [0.15, 0.2) is 36.5 Å². The number of nitrogen functional groups attached to an aromatic ring is 1. The number of aryl methyl sites for hydroxylation is 1. The second-order valence-corrected chi connectivity index (χ2v) is 5.17. The number of anilines is 2. The van der Waals surface area contributed by atoms with Crippen LogP contribution in [0.25, 0.3) is 0 Å². The number of hydrogen-bond acceptors (Lipinski definition) is 3. The SMILES string of the molecule is Cc1cnc(N(C)C(C)c2ccc(Cl)cc2)cc1N. The molecule has 2 N–H and O–H groups in total. The first-order valence-electron chi connectivity index (χ1n) is 6.19. The first-order valence-corrected chi connectivity index (χ1v) is 6.57. The molecule has 0 fully saturated rings. The van der Waals surface area contributed by atoms with Gasteiger partial charge in [-0.15, -0.1) is 0 Å². The molecule has 0 aliphatic heterocycles. The third kappa shape index (κ3) is 2.99. The maximum absolute atomic E-state index is 5.93. The molecule has 2 rings (SSSR count). The summed E-state index contributed by atoms with van der Waals surface area (Å²) < 4.78 is 0. The summed E-state index contributed by atoms with van der Waals surface area (Å²) in [6.45, 7) is 4.08. The van der Waals surface area contributed by atoms with E-state index in [2.05, 4.69) is 16.8 Å². The van der Waals surface area contributed by atoms with Crippen LogP contribution < -0.4 is 10.6 Å². The Kier molecular flexibility index (Phi) is 3.96. The van der Waals surface area contributed by atoms with Gasteiger partial charge in [0, 0.05) is 30.0 Å². The van der Waals surface area contributed by atoms with Gasteiger partial charge in [0.2, 0.25) is 0 Å². The molecule has 1 aromatic heterocycles. The van der Waals surface area contributed by atoms with Crippen molar-refractivity contribution in [2.75, 3.05) is 17.7 Å². The van der Waals surface area contributed by atoms with E-state index in [9.17, 15) is 0 Å². The summed E-state index contributed by atoms with van der Waals surface area (Å²) in [5.74, 6) is 0.866. The number of nitrogens with zero attached hydrogens (tertiary/aromatic N) is 2. The van der Waals surface area contributed by atoms with E-state index < -0.39 is 0 Å².